The molecule has 4 rings (SSSR count). The fourth-order valence-corrected chi connectivity index (χ4v) is 3.29. The number of hydrogen-bond donors (Lipinski definition) is 1. The van der Waals surface area contributed by atoms with Crippen LogP contribution in [0, 0.1) is 13.8 Å². The van der Waals surface area contributed by atoms with E-state index in [0.717, 1.165) is 28.6 Å². The van der Waals surface area contributed by atoms with E-state index in [-0.39, 0.29) is 5.91 Å². The monoisotopic (exact) mass is 373 g/mol. The number of hydrogen-bond acceptors (Lipinski definition) is 3. The van der Waals surface area contributed by atoms with Crippen LogP contribution in [0.3, 0.4) is 0 Å². The van der Waals surface area contributed by atoms with Crippen molar-refractivity contribution in [3.05, 3.63) is 83.4 Å². The molecule has 0 fully saturated rings. The van der Waals surface area contributed by atoms with Crippen molar-refractivity contribution in [3.63, 3.8) is 0 Å². The molecule has 0 radical (unpaired) electrons. The summed E-state index contributed by atoms with van der Waals surface area (Å²) in [6.07, 6.45) is 6.48. The molecule has 0 saturated carbocycles. The number of nitrogens with zero attached hydrogens (tertiary/aromatic N) is 2. The highest BCUT2D eigenvalue weighted by Gasteiger charge is 2.11. The van der Waals surface area contributed by atoms with Crippen LogP contribution in [0.25, 0.3) is 16.7 Å². The maximum absolute atomic E-state index is 12.3. The number of carbonyl (C=O) groups is 1. The van der Waals surface area contributed by atoms with Gasteiger partial charge in [0.05, 0.1) is 18.4 Å². The normalized spacial score (nSPS) is 11.1. The van der Waals surface area contributed by atoms with E-state index in [1.807, 2.05) is 35.1 Å². The van der Waals surface area contributed by atoms with Crippen LogP contribution < -0.4 is 5.32 Å². The molecular formula is C23H23N3O2. The molecule has 1 amide bonds. The molecule has 0 aliphatic rings. The smallest absolute Gasteiger partial charge is 0.224 e. The predicted molar refractivity (Wildman–Crippen MR) is 110 cm³/mol. The zero-order chi connectivity index (χ0) is 19.5. The van der Waals surface area contributed by atoms with E-state index in [0.29, 0.717) is 13.0 Å². The molecule has 2 aromatic heterocycles. The number of aryl methyl sites for hydroxylation is 2. The Morgan fingerprint density at radius 2 is 1.93 bits per heavy atom. The SMILES string of the molecule is Cc1cc2occ(CC(=O)NCCc3ccc(-n4cccn4)cc3)c2cc1C. The van der Waals surface area contributed by atoms with E-state index >= 15 is 0 Å². The van der Waals surface area contributed by atoms with Gasteiger partial charge in [-0.3, -0.25) is 4.79 Å². The molecule has 4 aromatic rings. The van der Waals surface area contributed by atoms with Crippen LogP contribution in [-0.2, 0) is 17.6 Å². The summed E-state index contributed by atoms with van der Waals surface area (Å²) in [5.74, 6) is 0.00842. The first-order chi connectivity index (χ1) is 13.6. The molecule has 0 aliphatic carbocycles. The Morgan fingerprint density at radius 1 is 1.14 bits per heavy atom. The Hall–Kier alpha value is -3.34. The highest BCUT2D eigenvalue weighted by Crippen LogP contribution is 2.25. The molecule has 5 nitrogen and oxygen atoms in total. The van der Waals surface area contributed by atoms with E-state index in [9.17, 15) is 4.79 Å². The summed E-state index contributed by atoms with van der Waals surface area (Å²) in [7, 11) is 0. The maximum Gasteiger partial charge on any atom is 0.224 e. The third-order valence-electron chi connectivity index (χ3n) is 5.06. The summed E-state index contributed by atoms with van der Waals surface area (Å²) in [5.41, 5.74) is 6.36. The molecule has 0 atom stereocenters. The van der Waals surface area contributed by atoms with Gasteiger partial charge in [0, 0.05) is 29.9 Å². The second-order valence-electron chi connectivity index (χ2n) is 7.09. The van der Waals surface area contributed by atoms with Crippen molar-refractivity contribution >= 4 is 16.9 Å². The van der Waals surface area contributed by atoms with Gasteiger partial charge < -0.3 is 9.73 Å². The lowest BCUT2D eigenvalue weighted by Gasteiger charge is -2.07. The van der Waals surface area contributed by atoms with Gasteiger partial charge in [-0.1, -0.05) is 12.1 Å². The van der Waals surface area contributed by atoms with Crippen LogP contribution in [0.4, 0.5) is 0 Å². The van der Waals surface area contributed by atoms with E-state index in [2.05, 4.69) is 42.5 Å². The van der Waals surface area contributed by atoms with Crippen molar-refractivity contribution in [2.24, 2.45) is 0 Å². The van der Waals surface area contributed by atoms with Crippen LogP contribution in [0.15, 0.2) is 65.5 Å². The first kappa shape index (κ1) is 18.0. The van der Waals surface area contributed by atoms with Gasteiger partial charge in [0.25, 0.3) is 0 Å². The Balaban J connectivity index is 1.32. The lowest BCUT2D eigenvalue weighted by Crippen LogP contribution is -2.27. The van der Waals surface area contributed by atoms with Crippen molar-refractivity contribution in [1.29, 1.82) is 0 Å². The summed E-state index contributed by atoms with van der Waals surface area (Å²) in [5, 5.41) is 8.25. The fraction of sp³-hybridized carbons (Fsp3) is 0.217. The molecule has 0 unspecified atom stereocenters. The van der Waals surface area contributed by atoms with Crippen molar-refractivity contribution in [2.45, 2.75) is 26.7 Å². The topological polar surface area (TPSA) is 60.1 Å². The lowest BCUT2D eigenvalue weighted by atomic mass is 10.0. The lowest BCUT2D eigenvalue weighted by molar-refractivity contribution is -0.120. The number of benzene rings is 2. The summed E-state index contributed by atoms with van der Waals surface area (Å²) >= 11 is 0. The summed E-state index contributed by atoms with van der Waals surface area (Å²) in [6.45, 7) is 4.74. The molecule has 1 N–H and O–H groups in total. The summed E-state index contributed by atoms with van der Waals surface area (Å²) in [4.78, 5) is 12.3. The molecule has 0 bridgehead atoms. The maximum atomic E-state index is 12.3. The minimum atomic E-state index is 0.00842. The van der Waals surface area contributed by atoms with Crippen LogP contribution in [-0.4, -0.2) is 22.2 Å². The molecule has 0 aliphatic heterocycles. The first-order valence-corrected chi connectivity index (χ1v) is 9.43. The quantitative estimate of drug-likeness (QED) is 0.553. The van der Waals surface area contributed by atoms with Gasteiger partial charge in [-0.05, 0) is 67.3 Å². The van der Waals surface area contributed by atoms with Crippen LogP contribution in [0.5, 0.6) is 0 Å². The minimum Gasteiger partial charge on any atom is -0.464 e. The van der Waals surface area contributed by atoms with Crippen LogP contribution in [0.2, 0.25) is 0 Å². The minimum absolute atomic E-state index is 0.00842. The number of amides is 1. The molecule has 2 heterocycles. The molecule has 5 heteroatoms. The van der Waals surface area contributed by atoms with Gasteiger partial charge in [0.1, 0.15) is 5.58 Å². The van der Waals surface area contributed by atoms with E-state index in [4.69, 9.17) is 4.42 Å². The average Bonchev–Trinajstić information content (AvgIpc) is 3.34. The molecule has 2 aromatic carbocycles. The second kappa shape index (κ2) is 7.72. The summed E-state index contributed by atoms with van der Waals surface area (Å²) < 4.78 is 7.44. The third kappa shape index (κ3) is 3.83. The van der Waals surface area contributed by atoms with Crippen molar-refractivity contribution in [1.82, 2.24) is 15.1 Å². The molecule has 28 heavy (non-hydrogen) atoms. The third-order valence-corrected chi connectivity index (χ3v) is 5.06. The largest absolute Gasteiger partial charge is 0.464 e. The van der Waals surface area contributed by atoms with Crippen LogP contribution in [0.1, 0.15) is 22.3 Å². The van der Waals surface area contributed by atoms with Crippen molar-refractivity contribution < 1.29 is 9.21 Å². The Morgan fingerprint density at radius 3 is 2.68 bits per heavy atom. The molecule has 0 spiro atoms. The predicted octanol–water partition coefficient (Wildman–Crippen LogP) is 4.14. The highest BCUT2D eigenvalue weighted by molar-refractivity contribution is 5.88. The molecular weight excluding hydrogens is 350 g/mol. The van der Waals surface area contributed by atoms with E-state index in [1.165, 1.54) is 16.7 Å². The summed E-state index contributed by atoms with van der Waals surface area (Å²) in [6, 6.07) is 14.2. The second-order valence-corrected chi connectivity index (χ2v) is 7.09. The number of carbonyl (C=O) groups excluding carboxylic acids is 1. The molecule has 142 valence electrons. The fourth-order valence-electron chi connectivity index (χ4n) is 3.29. The zero-order valence-electron chi connectivity index (χ0n) is 16.1. The van der Waals surface area contributed by atoms with Gasteiger partial charge in [-0.15, -0.1) is 0 Å². The van der Waals surface area contributed by atoms with E-state index in [1.54, 1.807) is 12.5 Å². The zero-order valence-corrected chi connectivity index (χ0v) is 16.1. The number of rotatable bonds is 6. The van der Waals surface area contributed by atoms with Gasteiger partial charge >= 0.3 is 0 Å². The Kier molecular flexibility index (Phi) is 4.98. The number of fused-ring (bicyclic) bond motifs is 1. The number of nitrogens with one attached hydrogen (secondary N) is 1. The van der Waals surface area contributed by atoms with Crippen LogP contribution >= 0.6 is 0 Å². The Labute approximate surface area is 164 Å². The highest BCUT2D eigenvalue weighted by atomic mass is 16.3. The van der Waals surface area contributed by atoms with Crippen molar-refractivity contribution in [3.8, 4) is 5.69 Å². The average molecular weight is 373 g/mol. The molecule has 0 saturated heterocycles. The van der Waals surface area contributed by atoms with Gasteiger partial charge in [0.15, 0.2) is 0 Å². The Bertz CT molecular complexity index is 1090. The van der Waals surface area contributed by atoms with Gasteiger partial charge in [-0.25, -0.2) is 4.68 Å². The number of aromatic nitrogens is 2. The standard InChI is InChI=1S/C23H23N3O2/c1-16-12-21-19(15-28-22(21)13-17(16)2)14-23(27)24-10-8-18-4-6-20(7-5-18)26-11-3-9-25-26/h3-7,9,11-13,15H,8,10,14H2,1-2H3,(H,24,27). The first-order valence-electron chi connectivity index (χ1n) is 9.43. The van der Waals surface area contributed by atoms with Gasteiger partial charge in [0.2, 0.25) is 5.91 Å². The number of furan rings is 1. The van der Waals surface area contributed by atoms with Crippen molar-refractivity contribution in [2.75, 3.05) is 6.54 Å². The van der Waals surface area contributed by atoms with Gasteiger partial charge in [-0.2, -0.15) is 5.10 Å². The van der Waals surface area contributed by atoms with E-state index < -0.39 is 0 Å².